The summed E-state index contributed by atoms with van der Waals surface area (Å²) in [6.07, 6.45) is 1.61. The Balaban J connectivity index is 1.65. The van der Waals surface area contributed by atoms with Crippen LogP contribution in [0.2, 0.25) is 0 Å². The van der Waals surface area contributed by atoms with Gasteiger partial charge in [0.1, 0.15) is 23.8 Å². The normalized spacial score (nSPS) is 15.4. The van der Waals surface area contributed by atoms with Crippen LogP contribution < -0.4 is 10.1 Å². The summed E-state index contributed by atoms with van der Waals surface area (Å²) in [5.41, 5.74) is 1.29. The summed E-state index contributed by atoms with van der Waals surface area (Å²) in [4.78, 5) is 38.2. The van der Waals surface area contributed by atoms with E-state index in [4.69, 9.17) is 9.15 Å². The fraction of sp³-hybridized carbons (Fsp3) is 0.250. The van der Waals surface area contributed by atoms with E-state index in [9.17, 15) is 14.4 Å². The highest BCUT2D eigenvalue weighted by Gasteiger charge is 2.36. The maximum absolute atomic E-state index is 12.5. The zero-order valence-corrected chi connectivity index (χ0v) is 16.6. The zero-order chi connectivity index (χ0) is 20.3. The maximum atomic E-state index is 12.5. The molecule has 7 nitrogen and oxygen atoms in total. The Bertz CT molecular complexity index is 946. The van der Waals surface area contributed by atoms with Gasteiger partial charge in [-0.3, -0.25) is 19.3 Å². The second kappa shape index (κ2) is 8.35. The highest BCUT2D eigenvalue weighted by Crippen LogP contribution is 2.33. The number of nitrogens with zero attached hydrogens (tertiary/aromatic N) is 1. The first-order valence-electron chi connectivity index (χ1n) is 8.72. The number of rotatable bonds is 6. The third-order valence-electron chi connectivity index (χ3n) is 3.99. The summed E-state index contributed by atoms with van der Waals surface area (Å²) in [5.74, 6) is 1.13. The Morgan fingerprint density at radius 2 is 1.96 bits per heavy atom. The molecule has 0 unspecified atom stereocenters. The molecule has 8 heteroatoms. The first-order valence-corrected chi connectivity index (χ1v) is 9.54. The number of ether oxygens (including phenoxy) is 1. The highest BCUT2D eigenvalue weighted by atomic mass is 32.2. The fourth-order valence-corrected chi connectivity index (χ4v) is 3.55. The second-order valence-corrected chi connectivity index (χ2v) is 7.14. The van der Waals surface area contributed by atoms with Crippen molar-refractivity contribution in [3.8, 4) is 5.75 Å². The van der Waals surface area contributed by atoms with Crippen molar-refractivity contribution >= 4 is 40.6 Å². The first kappa shape index (κ1) is 19.8. The number of nitrogens with one attached hydrogen (secondary N) is 1. The van der Waals surface area contributed by atoms with Crippen molar-refractivity contribution < 1.29 is 23.5 Å². The third kappa shape index (κ3) is 4.45. The SMILES string of the molecule is CCOc1ccc(NC(=O)CN2C(=O)S/C(=C\c3cc(C)oc3C)C2=O)cc1. The number of amides is 3. The molecule has 3 rings (SSSR count). The number of hydrogen-bond donors (Lipinski definition) is 1. The van der Waals surface area contributed by atoms with E-state index in [1.54, 1.807) is 50.3 Å². The molecule has 1 aromatic heterocycles. The van der Waals surface area contributed by atoms with Gasteiger partial charge >= 0.3 is 0 Å². The van der Waals surface area contributed by atoms with Gasteiger partial charge in [-0.2, -0.15) is 0 Å². The number of carbonyl (C=O) groups excluding carboxylic acids is 3. The van der Waals surface area contributed by atoms with Gasteiger partial charge in [-0.1, -0.05) is 0 Å². The molecule has 0 spiro atoms. The largest absolute Gasteiger partial charge is 0.494 e. The summed E-state index contributed by atoms with van der Waals surface area (Å²) in [6.45, 7) is 5.68. The molecule has 0 saturated carbocycles. The van der Waals surface area contributed by atoms with E-state index < -0.39 is 17.1 Å². The molecule has 1 aliphatic heterocycles. The monoisotopic (exact) mass is 400 g/mol. The summed E-state index contributed by atoms with van der Waals surface area (Å²) in [7, 11) is 0. The van der Waals surface area contributed by atoms with Crippen molar-refractivity contribution in [2.24, 2.45) is 0 Å². The van der Waals surface area contributed by atoms with Crippen molar-refractivity contribution in [3.05, 3.63) is 52.3 Å². The van der Waals surface area contributed by atoms with Gasteiger partial charge in [0.25, 0.3) is 11.1 Å². The van der Waals surface area contributed by atoms with Crippen LogP contribution in [0.3, 0.4) is 0 Å². The van der Waals surface area contributed by atoms with Crippen molar-refractivity contribution in [3.63, 3.8) is 0 Å². The molecule has 3 amide bonds. The van der Waals surface area contributed by atoms with Crippen LogP contribution in [0.1, 0.15) is 24.0 Å². The van der Waals surface area contributed by atoms with E-state index >= 15 is 0 Å². The van der Waals surface area contributed by atoms with Gasteiger partial charge in [-0.05, 0) is 68.9 Å². The predicted molar refractivity (Wildman–Crippen MR) is 107 cm³/mol. The molecular weight excluding hydrogens is 380 g/mol. The maximum Gasteiger partial charge on any atom is 0.294 e. The summed E-state index contributed by atoms with van der Waals surface area (Å²) in [6, 6.07) is 8.65. The summed E-state index contributed by atoms with van der Waals surface area (Å²) in [5, 5.41) is 2.20. The average molecular weight is 400 g/mol. The Labute approximate surface area is 166 Å². The minimum absolute atomic E-state index is 0.266. The number of furan rings is 1. The van der Waals surface area contributed by atoms with E-state index in [1.165, 1.54) is 0 Å². The molecule has 2 aromatic rings. The number of aryl methyl sites for hydroxylation is 2. The second-order valence-electron chi connectivity index (χ2n) is 6.14. The molecule has 0 aliphatic carbocycles. The average Bonchev–Trinajstić information content (AvgIpc) is 3.09. The lowest BCUT2D eigenvalue weighted by Crippen LogP contribution is -2.36. The van der Waals surface area contributed by atoms with Crippen LogP contribution in [0.25, 0.3) is 6.08 Å². The molecule has 146 valence electrons. The predicted octanol–water partition coefficient (Wildman–Crippen LogP) is 3.97. The van der Waals surface area contributed by atoms with Crippen LogP contribution in [0.5, 0.6) is 5.75 Å². The number of thioether (sulfide) groups is 1. The van der Waals surface area contributed by atoms with Gasteiger partial charge in [0, 0.05) is 11.3 Å². The quantitative estimate of drug-likeness (QED) is 0.738. The van der Waals surface area contributed by atoms with Gasteiger partial charge in [-0.15, -0.1) is 0 Å². The minimum atomic E-state index is -0.491. The van der Waals surface area contributed by atoms with Crippen LogP contribution in [-0.2, 0) is 9.59 Å². The first-order chi connectivity index (χ1) is 13.4. The smallest absolute Gasteiger partial charge is 0.294 e. The molecule has 1 aliphatic rings. The molecule has 1 N–H and O–H groups in total. The lowest BCUT2D eigenvalue weighted by molar-refractivity contribution is -0.127. The minimum Gasteiger partial charge on any atom is -0.494 e. The fourth-order valence-electron chi connectivity index (χ4n) is 2.72. The van der Waals surface area contributed by atoms with Crippen LogP contribution in [-0.4, -0.2) is 35.1 Å². The van der Waals surface area contributed by atoms with Crippen molar-refractivity contribution in [2.45, 2.75) is 20.8 Å². The van der Waals surface area contributed by atoms with Crippen LogP contribution in [0.4, 0.5) is 10.5 Å². The Hall–Kier alpha value is -3.00. The van der Waals surface area contributed by atoms with Crippen LogP contribution in [0.15, 0.2) is 39.7 Å². The van der Waals surface area contributed by atoms with Crippen LogP contribution in [0, 0.1) is 13.8 Å². The lowest BCUT2D eigenvalue weighted by Gasteiger charge is -2.12. The summed E-state index contributed by atoms with van der Waals surface area (Å²) < 4.78 is 10.8. The molecule has 0 atom stereocenters. The van der Waals surface area contributed by atoms with E-state index in [2.05, 4.69) is 5.32 Å². The standard InChI is InChI=1S/C20H20N2O5S/c1-4-26-16-7-5-15(6-8-16)21-18(23)11-22-19(24)17(28-20(22)25)10-14-9-12(2)27-13(14)3/h5-10H,4,11H2,1-3H3,(H,21,23)/b17-10-. The molecule has 2 heterocycles. The lowest BCUT2D eigenvalue weighted by atomic mass is 10.2. The number of imide groups is 1. The third-order valence-corrected chi connectivity index (χ3v) is 4.90. The highest BCUT2D eigenvalue weighted by molar-refractivity contribution is 8.18. The van der Waals surface area contributed by atoms with E-state index in [0.29, 0.717) is 23.8 Å². The number of benzene rings is 1. The van der Waals surface area contributed by atoms with Gasteiger partial charge in [0.2, 0.25) is 5.91 Å². The topological polar surface area (TPSA) is 88.8 Å². The molecule has 1 fully saturated rings. The zero-order valence-electron chi connectivity index (χ0n) is 15.8. The molecule has 28 heavy (non-hydrogen) atoms. The van der Waals surface area contributed by atoms with Crippen molar-refractivity contribution in [1.29, 1.82) is 0 Å². The Kier molecular flexibility index (Phi) is 5.89. The Morgan fingerprint density at radius 1 is 1.25 bits per heavy atom. The van der Waals surface area contributed by atoms with Gasteiger partial charge < -0.3 is 14.5 Å². The molecule has 1 aromatic carbocycles. The number of hydrogen-bond acceptors (Lipinski definition) is 6. The Morgan fingerprint density at radius 3 is 2.57 bits per heavy atom. The van der Waals surface area contributed by atoms with Crippen LogP contribution >= 0.6 is 11.8 Å². The van der Waals surface area contributed by atoms with E-state index in [-0.39, 0.29) is 11.4 Å². The van der Waals surface area contributed by atoms with Gasteiger partial charge in [-0.25, -0.2) is 0 Å². The van der Waals surface area contributed by atoms with Gasteiger partial charge in [0.15, 0.2) is 0 Å². The molecule has 0 bridgehead atoms. The molecule has 0 radical (unpaired) electrons. The number of anilines is 1. The van der Waals surface area contributed by atoms with Crippen molar-refractivity contribution in [2.75, 3.05) is 18.5 Å². The van der Waals surface area contributed by atoms with E-state index in [0.717, 1.165) is 28.0 Å². The molecule has 1 saturated heterocycles. The number of carbonyl (C=O) groups is 3. The van der Waals surface area contributed by atoms with Crippen molar-refractivity contribution in [1.82, 2.24) is 4.90 Å². The summed E-state index contributed by atoms with van der Waals surface area (Å²) >= 11 is 0.811. The van der Waals surface area contributed by atoms with Gasteiger partial charge in [0.05, 0.1) is 11.5 Å². The molecular formula is C20H20N2O5S. The van der Waals surface area contributed by atoms with E-state index in [1.807, 2.05) is 6.92 Å².